The maximum atomic E-state index is 13.2. The van der Waals surface area contributed by atoms with Gasteiger partial charge in [-0.25, -0.2) is 4.79 Å². The van der Waals surface area contributed by atoms with Crippen LogP contribution in [0.1, 0.15) is 55.9 Å². The van der Waals surface area contributed by atoms with Crippen LogP contribution in [0.5, 0.6) is 0 Å². The van der Waals surface area contributed by atoms with Crippen molar-refractivity contribution in [3.8, 4) is 0 Å². The normalized spacial score (nSPS) is 23.1. The van der Waals surface area contributed by atoms with Crippen molar-refractivity contribution >= 4 is 22.9 Å². The average molecular weight is 471 g/mol. The van der Waals surface area contributed by atoms with Gasteiger partial charge in [-0.2, -0.15) is 0 Å². The van der Waals surface area contributed by atoms with E-state index in [1.54, 1.807) is 10.6 Å². The molecule has 2 bridgehead atoms. The van der Waals surface area contributed by atoms with Gasteiger partial charge in [-0.05, 0) is 57.0 Å². The zero-order chi connectivity index (χ0) is 24.4. The number of hydrogen-bond acceptors (Lipinski definition) is 6. The molecule has 2 fully saturated rings. The van der Waals surface area contributed by atoms with Crippen LogP contribution in [0.15, 0.2) is 35.1 Å². The van der Waals surface area contributed by atoms with Crippen molar-refractivity contribution in [2.75, 3.05) is 20.2 Å². The highest BCUT2D eigenvalue weighted by Crippen LogP contribution is 2.35. The van der Waals surface area contributed by atoms with Crippen molar-refractivity contribution in [1.82, 2.24) is 20.1 Å². The number of nitrogens with zero attached hydrogens (tertiary/aromatic N) is 2. The zero-order valence-corrected chi connectivity index (χ0v) is 20.0. The number of pyridine rings is 1. The van der Waals surface area contributed by atoms with Gasteiger partial charge >= 0.3 is 6.09 Å². The molecule has 9 heteroatoms. The molecule has 9 nitrogen and oxygen atoms in total. The van der Waals surface area contributed by atoms with Crippen LogP contribution in [-0.4, -0.2) is 71.0 Å². The molecule has 3 N–H and O–H groups in total. The number of ether oxygens (including phenoxy) is 1. The predicted octanol–water partition coefficient (Wildman–Crippen LogP) is 2.02. The number of aliphatic hydroxyl groups excluding tert-OH is 1. The molecule has 1 aromatic heterocycles. The maximum Gasteiger partial charge on any atom is 0.406 e. The first kappa shape index (κ1) is 24.2. The lowest BCUT2D eigenvalue weighted by atomic mass is 9.96. The quantitative estimate of drug-likeness (QED) is 0.571. The number of rotatable bonds is 7. The van der Waals surface area contributed by atoms with Crippen LogP contribution in [0.4, 0.5) is 4.79 Å². The Labute approximate surface area is 199 Å². The van der Waals surface area contributed by atoms with E-state index in [1.807, 2.05) is 38.1 Å². The Hall–Kier alpha value is -2.91. The van der Waals surface area contributed by atoms with E-state index in [0.29, 0.717) is 6.54 Å². The van der Waals surface area contributed by atoms with Crippen LogP contribution >= 0.6 is 0 Å². The first-order valence-corrected chi connectivity index (χ1v) is 12.0. The maximum absolute atomic E-state index is 13.2. The van der Waals surface area contributed by atoms with Crippen LogP contribution in [0.25, 0.3) is 10.9 Å². The Balaban J connectivity index is 1.43. The molecule has 2 aromatic rings. The van der Waals surface area contributed by atoms with E-state index >= 15 is 0 Å². The van der Waals surface area contributed by atoms with Gasteiger partial charge in [-0.1, -0.05) is 18.2 Å². The molecule has 0 radical (unpaired) electrons. The third-order valence-electron chi connectivity index (χ3n) is 7.01. The molecule has 4 rings (SSSR count). The number of carbonyl (C=O) groups excluding carboxylic acids is 2. The fourth-order valence-corrected chi connectivity index (χ4v) is 5.50. The molecule has 1 aromatic carbocycles. The minimum atomic E-state index is -0.694. The third kappa shape index (κ3) is 4.95. The van der Waals surface area contributed by atoms with Gasteiger partial charge in [0.2, 0.25) is 0 Å². The smallest absolute Gasteiger partial charge is 0.406 e. The highest BCUT2D eigenvalue weighted by Gasteiger charge is 2.41. The molecular weight excluding hydrogens is 436 g/mol. The summed E-state index contributed by atoms with van der Waals surface area (Å²) in [6.45, 7) is 4.48. The van der Waals surface area contributed by atoms with Crippen molar-refractivity contribution in [3.63, 3.8) is 0 Å². The monoisotopic (exact) mass is 470 g/mol. The summed E-state index contributed by atoms with van der Waals surface area (Å²) in [6.07, 6.45) is 2.29. The number of aliphatic hydroxyl groups is 1. The molecule has 2 unspecified atom stereocenters. The van der Waals surface area contributed by atoms with Crippen LogP contribution in [0.2, 0.25) is 0 Å². The largest absolute Gasteiger partial charge is 0.453 e. The Morgan fingerprint density at radius 3 is 2.50 bits per heavy atom. The molecule has 0 spiro atoms. The van der Waals surface area contributed by atoms with Crippen LogP contribution in [-0.2, 0) is 4.74 Å². The Morgan fingerprint density at radius 1 is 1.18 bits per heavy atom. The van der Waals surface area contributed by atoms with Crippen LogP contribution < -0.4 is 16.2 Å². The molecule has 184 valence electrons. The van der Waals surface area contributed by atoms with Crippen LogP contribution in [0.3, 0.4) is 0 Å². The molecule has 0 aliphatic carbocycles. The molecule has 2 aliphatic rings. The molecule has 2 amide bonds. The number of para-hydroxylation sites is 1. The summed E-state index contributed by atoms with van der Waals surface area (Å²) in [5.74, 6) is -0.328. The lowest BCUT2D eigenvalue weighted by Crippen LogP contribution is -2.53. The third-order valence-corrected chi connectivity index (χ3v) is 7.01. The molecule has 4 atom stereocenters. The predicted molar refractivity (Wildman–Crippen MR) is 129 cm³/mol. The number of hydrogen-bond donors (Lipinski definition) is 3. The number of aromatic nitrogens is 1. The van der Waals surface area contributed by atoms with E-state index in [9.17, 15) is 19.5 Å². The number of amides is 2. The summed E-state index contributed by atoms with van der Waals surface area (Å²) < 4.78 is 6.23. The van der Waals surface area contributed by atoms with Gasteiger partial charge in [-0.15, -0.1) is 0 Å². The van der Waals surface area contributed by atoms with E-state index in [1.165, 1.54) is 7.11 Å². The van der Waals surface area contributed by atoms with E-state index in [2.05, 4.69) is 20.3 Å². The van der Waals surface area contributed by atoms with Crippen molar-refractivity contribution in [3.05, 3.63) is 46.2 Å². The average Bonchev–Trinajstić information content (AvgIpc) is 3.03. The second kappa shape index (κ2) is 10.1. The minimum absolute atomic E-state index is 0.0232. The molecule has 0 saturated carbocycles. The van der Waals surface area contributed by atoms with Gasteiger partial charge < -0.3 is 25.0 Å². The van der Waals surface area contributed by atoms with E-state index in [0.717, 1.165) is 36.6 Å². The van der Waals surface area contributed by atoms with Gasteiger partial charge in [0, 0.05) is 37.3 Å². The summed E-state index contributed by atoms with van der Waals surface area (Å²) >= 11 is 0. The summed E-state index contributed by atoms with van der Waals surface area (Å²) in [5.41, 5.74) is 0.727. The number of alkyl carbamates (subject to hydrolysis) is 1. The Morgan fingerprint density at radius 2 is 1.85 bits per heavy atom. The zero-order valence-electron chi connectivity index (χ0n) is 20.0. The Bertz CT molecular complexity index is 1100. The topological polar surface area (TPSA) is 113 Å². The molecule has 3 heterocycles. The van der Waals surface area contributed by atoms with Gasteiger partial charge in [0.05, 0.1) is 18.7 Å². The summed E-state index contributed by atoms with van der Waals surface area (Å²) in [4.78, 5) is 39.9. The number of nitrogens with one attached hydrogen (secondary N) is 2. The number of benzene rings is 1. The van der Waals surface area contributed by atoms with Gasteiger partial charge in [0.15, 0.2) is 0 Å². The molecule has 2 saturated heterocycles. The van der Waals surface area contributed by atoms with Gasteiger partial charge in [0.1, 0.15) is 5.56 Å². The fraction of sp³-hybridized carbons (Fsp3) is 0.560. The standard InChI is InChI=1S/C25H34N4O5/c1-15(2)29-22-7-5-4-6-16(22)10-21(24(29)32)23(31)27-17-11-18-8-9-19(12-17)28(18)14-20(30)13-26-25(33)34-3/h4-7,10,15,17-20,30H,8-9,11-14H2,1-3H3,(H,26,33)(H,27,31)/t17?,18-,19+,20?. The second-order valence-corrected chi connectivity index (χ2v) is 9.64. The number of carbonyl (C=O) groups is 2. The highest BCUT2D eigenvalue weighted by atomic mass is 16.5. The second-order valence-electron chi connectivity index (χ2n) is 9.64. The molecule has 34 heavy (non-hydrogen) atoms. The number of piperidine rings is 1. The van der Waals surface area contributed by atoms with Crippen molar-refractivity contribution < 1.29 is 19.4 Å². The minimum Gasteiger partial charge on any atom is -0.453 e. The van der Waals surface area contributed by atoms with Gasteiger partial charge in [-0.3, -0.25) is 14.5 Å². The van der Waals surface area contributed by atoms with E-state index in [-0.39, 0.29) is 47.7 Å². The summed E-state index contributed by atoms with van der Waals surface area (Å²) in [7, 11) is 1.29. The van der Waals surface area contributed by atoms with E-state index in [4.69, 9.17) is 0 Å². The fourth-order valence-electron chi connectivity index (χ4n) is 5.50. The highest BCUT2D eigenvalue weighted by molar-refractivity contribution is 5.97. The van der Waals surface area contributed by atoms with E-state index < -0.39 is 12.2 Å². The van der Waals surface area contributed by atoms with Crippen LogP contribution in [0, 0.1) is 0 Å². The Kier molecular flexibility index (Phi) is 7.23. The lowest BCUT2D eigenvalue weighted by Gasteiger charge is -2.40. The molecular formula is C25H34N4O5. The summed E-state index contributed by atoms with van der Waals surface area (Å²) in [6, 6.07) is 9.73. The van der Waals surface area contributed by atoms with Crippen molar-refractivity contribution in [2.45, 2.75) is 69.8 Å². The first-order valence-electron chi connectivity index (χ1n) is 12.0. The summed E-state index contributed by atoms with van der Waals surface area (Å²) in [5, 5.41) is 16.8. The van der Waals surface area contributed by atoms with Crippen molar-refractivity contribution in [2.24, 2.45) is 0 Å². The number of fused-ring (bicyclic) bond motifs is 3. The molecule has 2 aliphatic heterocycles. The lowest BCUT2D eigenvalue weighted by molar-refractivity contribution is 0.0500. The van der Waals surface area contributed by atoms with Crippen molar-refractivity contribution in [1.29, 1.82) is 0 Å². The first-order chi connectivity index (χ1) is 16.3. The van der Waals surface area contributed by atoms with Gasteiger partial charge in [0.25, 0.3) is 11.5 Å². The SMILES string of the molecule is COC(=O)NCC(O)CN1[C@@H]2CC[C@H]1CC(NC(=O)c1cc3ccccc3n(C(C)C)c1=O)C2. The number of methoxy groups -OCH3 is 1.